The molecule has 0 aliphatic carbocycles. The zero-order chi connectivity index (χ0) is 12.7. The summed E-state index contributed by atoms with van der Waals surface area (Å²) in [6.45, 7) is 0.613. The molecule has 1 amide bonds. The van der Waals surface area contributed by atoms with E-state index in [1.54, 1.807) is 23.3 Å². The van der Waals surface area contributed by atoms with Gasteiger partial charge in [0.25, 0.3) is 0 Å². The molecule has 0 unspecified atom stereocenters. The minimum Gasteiger partial charge on any atom is -0.481 e. The standard InChI is InChI=1S/C11H15NO3S2/c1-12(6-9-2-4-16-7-9)10(13)8-17-5-3-11(14)15/h2,4,7H,3,5-6,8H2,1H3,(H,14,15). The molecule has 1 aromatic rings. The number of rotatable bonds is 7. The zero-order valence-corrected chi connectivity index (χ0v) is 11.2. The first kappa shape index (κ1) is 14.1. The summed E-state index contributed by atoms with van der Waals surface area (Å²) in [5.41, 5.74) is 1.13. The van der Waals surface area contributed by atoms with Gasteiger partial charge in [0.05, 0.1) is 12.2 Å². The van der Waals surface area contributed by atoms with Crippen LogP contribution in [0.4, 0.5) is 0 Å². The van der Waals surface area contributed by atoms with Gasteiger partial charge in [0, 0.05) is 19.3 Å². The fraction of sp³-hybridized carbons (Fsp3) is 0.455. The lowest BCUT2D eigenvalue weighted by atomic mass is 10.3. The molecule has 6 heteroatoms. The molecule has 1 N–H and O–H groups in total. The Labute approximate surface area is 109 Å². The third-order valence-corrected chi connectivity index (χ3v) is 3.79. The molecule has 0 aliphatic heterocycles. The SMILES string of the molecule is CN(Cc1ccsc1)C(=O)CSCCC(=O)O. The molecule has 4 nitrogen and oxygen atoms in total. The monoisotopic (exact) mass is 273 g/mol. The third-order valence-electron chi connectivity index (χ3n) is 2.11. The van der Waals surface area contributed by atoms with Crippen LogP contribution < -0.4 is 0 Å². The van der Waals surface area contributed by atoms with Crippen LogP contribution in [-0.2, 0) is 16.1 Å². The van der Waals surface area contributed by atoms with Crippen LogP contribution >= 0.6 is 23.1 Å². The summed E-state index contributed by atoms with van der Waals surface area (Å²) in [7, 11) is 1.76. The maximum Gasteiger partial charge on any atom is 0.304 e. The number of aliphatic carboxylic acids is 1. The Morgan fingerprint density at radius 1 is 1.53 bits per heavy atom. The number of thioether (sulfide) groups is 1. The molecule has 0 saturated heterocycles. The Morgan fingerprint density at radius 3 is 2.88 bits per heavy atom. The van der Waals surface area contributed by atoms with Gasteiger partial charge in [-0.15, -0.1) is 0 Å². The molecular weight excluding hydrogens is 258 g/mol. The van der Waals surface area contributed by atoms with E-state index in [0.29, 0.717) is 18.1 Å². The van der Waals surface area contributed by atoms with Crippen molar-refractivity contribution in [2.24, 2.45) is 0 Å². The van der Waals surface area contributed by atoms with Crippen molar-refractivity contribution in [3.8, 4) is 0 Å². The van der Waals surface area contributed by atoms with Crippen LogP contribution in [0.15, 0.2) is 16.8 Å². The zero-order valence-electron chi connectivity index (χ0n) is 9.59. The van der Waals surface area contributed by atoms with E-state index in [2.05, 4.69) is 0 Å². The highest BCUT2D eigenvalue weighted by molar-refractivity contribution is 7.99. The number of amides is 1. The Bertz CT molecular complexity index is 365. The second-order valence-corrected chi connectivity index (χ2v) is 5.46. The van der Waals surface area contributed by atoms with E-state index in [0.717, 1.165) is 5.56 Å². The van der Waals surface area contributed by atoms with Gasteiger partial charge in [0.1, 0.15) is 0 Å². The summed E-state index contributed by atoms with van der Waals surface area (Å²) in [4.78, 5) is 23.6. The molecule has 1 aromatic heterocycles. The van der Waals surface area contributed by atoms with E-state index in [-0.39, 0.29) is 12.3 Å². The van der Waals surface area contributed by atoms with E-state index < -0.39 is 5.97 Å². The van der Waals surface area contributed by atoms with Crippen LogP contribution in [0.3, 0.4) is 0 Å². The van der Waals surface area contributed by atoms with Gasteiger partial charge in [-0.1, -0.05) is 0 Å². The Balaban J connectivity index is 2.20. The Morgan fingerprint density at radius 2 is 2.29 bits per heavy atom. The number of carbonyl (C=O) groups is 2. The summed E-state index contributed by atoms with van der Waals surface area (Å²) < 4.78 is 0. The van der Waals surface area contributed by atoms with E-state index in [9.17, 15) is 9.59 Å². The fourth-order valence-electron chi connectivity index (χ4n) is 1.17. The molecule has 17 heavy (non-hydrogen) atoms. The number of carboxylic acids is 1. The molecule has 0 spiro atoms. The maximum absolute atomic E-state index is 11.7. The predicted molar refractivity (Wildman–Crippen MR) is 70.4 cm³/mol. The number of hydrogen-bond acceptors (Lipinski definition) is 4. The van der Waals surface area contributed by atoms with E-state index in [1.165, 1.54) is 11.8 Å². The van der Waals surface area contributed by atoms with E-state index in [4.69, 9.17) is 5.11 Å². The highest BCUT2D eigenvalue weighted by atomic mass is 32.2. The van der Waals surface area contributed by atoms with Crippen molar-refractivity contribution in [1.82, 2.24) is 4.90 Å². The van der Waals surface area contributed by atoms with Gasteiger partial charge in [0.2, 0.25) is 5.91 Å². The van der Waals surface area contributed by atoms with E-state index in [1.807, 2.05) is 16.8 Å². The smallest absolute Gasteiger partial charge is 0.304 e. The first-order valence-corrected chi connectivity index (χ1v) is 7.24. The molecule has 94 valence electrons. The largest absolute Gasteiger partial charge is 0.481 e. The summed E-state index contributed by atoms with van der Waals surface area (Å²) in [5, 5.41) is 12.4. The van der Waals surface area contributed by atoms with E-state index >= 15 is 0 Å². The first-order chi connectivity index (χ1) is 8.09. The second-order valence-electron chi connectivity index (χ2n) is 3.58. The minimum atomic E-state index is -0.823. The van der Waals surface area contributed by atoms with Gasteiger partial charge in [0.15, 0.2) is 0 Å². The highest BCUT2D eigenvalue weighted by Crippen LogP contribution is 2.10. The van der Waals surface area contributed by atoms with Crippen molar-refractivity contribution in [1.29, 1.82) is 0 Å². The number of carboxylic acid groups (broad SMARTS) is 1. The lowest BCUT2D eigenvalue weighted by Gasteiger charge is -2.15. The summed E-state index contributed by atoms with van der Waals surface area (Å²) in [5.74, 6) is 0.0320. The van der Waals surface area contributed by atoms with Crippen LogP contribution in [0.5, 0.6) is 0 Å². The molecule has 1 heterocycles. The second kappa shape index (κ2) is 7.34. The van der Waals surface area contributed by atoms with Gasteiger partial charge in [-0.25, -0.2) is 0 Å². The fourth-order valence-corrected chi connectivity index (χ4v) is 2.69. The van der Waals surface area contributed by atoms with Crippen molar-refractivity contribution < 1.29 is 14.7 Å². The molecule has 1 rings (SSSR count). The minimum absolute atomic E-state index is 0.0339. The maximum atomic E-state index is 11.7. The first-order valence-electron chi connectivity index (χ1n) is 5.14. The van der Waals surface area contributed by atoms with Crippen molar-refractivity contribution in [2.45, 2.75) is 13.0 Å². The number of nitrogens with zero attached hydrogens (tertiary/aromatic N) is 1. The van der Waals surface area contributed by atoms with Gasteiger partial charge >= 0.3 is 5.97 Å². The number of thiophene rings is 1. The van der Waals surface area contributed by atoms with Crippen LogP contribution in [-0.4, -0.2) is 40.4 Å². The third kappa shape index (κ3) is 5.74. The van der Waals surface area contributed by atoms with Crippen molar-refractivity contribution in [3.05, 3.63) is 22.4 Å². The predicted octanol–water partition coefficient (Wildman–Crippen LogP) is 1.91. The molecule has 0 aliphatic rings. The summed E-state index contributed by atoms with van der Waals surface area (Å²) >= 11 is 2.97. The quantitative estimate of drug-likeness (QED) is 0.771. The molecular formula is C11H15NO3S2. The van der Waals surface area contributed by atoms with Crippen LogP contribution in [0.25, 0.3) is 0 Å². The van der Waals surface area contributed by atoms with Crippen molar-refractivity contribution in [2.75, 3.05) is 18.6 Å². The summed E-state index contributed by atoms with van der Waals surface area (Å²) in [6, 6.07) is 1.99. The Kier molecular flexibility index (Phi) is 6.07. The van der Waals surface area contributed by atoms with Gasteiger partial charge in [-0.05, 0) is 22.4 Å². The van der Waals surface area contributed by atoms with Crippen LogP contribution in [0.2, 0.25) is 0 Å². The molecule has 0 bridgehead atoms. The molecule has 0 atom stereocenters. The molecule has 0 aromatic carbocycles. The average Bonchev–Trinajstić information content (AvgIpc) is 2.76. The lowest BCUT2D eigenvalue weighted by molar-refractivity contribution is -0.136. The van der Waals surface area contributed by atoms with Crippen molar-refractivity contribution >= 4 is 35.0 Å². The van der Waals surface area contributed by atoms with Gasteiger partial charge in [-0.3, -0.25) is 9.59 Å². The number of carbonyl (C=O) groups excluding carboxylic acids is 1. The average molecular weight is 273 g/mol. The normalized spacial score (nSPS) is 10.2. The van der Waals surface area contributed by atoms with Gasteiger partial charge < -0.3 is 10.0 Å². The molecule has 0 fully saturated rings. The van der Waals surface area contributed by atoms with Crippen molar-refractivity contribution in [3.63, 3.8) is 0 Å². The molecule has 0 saturated carbocycles. The highest BCUT2D eigenvalue weighted by Gasteiger charge is 2.09. The van der Waals surface area contributed by atoms with Crippen LogP contribution in [0.1, 0.15) is 12.0 Å². The number of hydrogen-bond donors (Lipinski definition) is 1. The topological polar surface area (TPSA) is 57.6 Å². The summed E-state index contributed by atoms with van der Waals surface area (Å²) in [6.07, 6.45) is 0.103. The Hall–Kier alpha value is -1.01. The van der Waals surface area contributed by atoms with Gasteiger partial charge in [-0.2, -0.15) is 23.1 Å². The molecule has 0 radical (unpaired) electrons. The lowest BCUT2D eigenvalue weighted by Crippen LogP contribution is -2.27. The van der Waals surface area contributed by atoms with Crippen LogP contribution in [0, 0.1) is 0 Å².